The zero-order valence-corrected chi connectivity index (χ0v) is 37.5. The van der Waals surface area contributed by atoms with E-state index in [-0.39, 0.29) is 65.5 Å². The van der Waals surface area contributed by atoms with E-state index in [2.05, 4.69) is 41.4 Å². The summed E-state index contributed by atoms with van der Waals surface area (Å²) in [4.78, 5) is 84.8. The van der Waals surface area contributed by atoms with Crippen LogP contribution in [-0.4, -0.2) is 136 Å². The van der Waals surface area contributed by atoms with E-state index in [0.717, 1.165) is 49.5 Å². The summed E-state index contributed by atoms with van der Waals surface area (Å²) in [5, 5.41) is 13.5. The average Bonchev–Trinajstić information content (AvgIpc) is 3.58. The summed E-state index contributed by atoms with van der Waals surface area (Å²) in [7, 11) is 2.95. The van der Waals surface area contributed by atoms with Crippen molar-refractivity contribution in [1.82, 2.24) is 25.4 Å². The minimum atomic E-state index is -4.71. The molecule has 2 saturated heterocycles. The Labute approximate surface area is 389 Å². The zero-order chi connectivity index (χ0) is 48.4. The van der Waals surface area contributed by atoms with Gasteiger partial charge in [0, 0.05) is 88.9 Å². The van der Waals surface area contributed by atoms with Crippen LogP contribution in [0.4, 0.5) is 47.4 Å². The molecule has 5 amide bonds. The maximum atomic E-state index is 14.0. The molecule has 3 aliphatic heterocycles. The fraction of sp³-hybridized carbons (Fsp3) is 0.383. The van der Waals surface area contributed by atoms with Gasteiger partial charge in [-0.1, -0.05) is 18.2 Å². The maximum absolute atomic E-state index is 14.0. The molecule has 18 nitrogen and oxygen atoms in total. The number of hydrogen-bond acceptors (Lipinski definition) is 15. The molecular formula is C47H52F3N9O9. The van der Waals surface area contributed by atoms with Crippen LogP contribution in [0.2, 0.25) is 0 Å². The summed E-state index contributed by atoms with van der Waals surface area (Å²) >= 11 is 0. The highest BCUT2D eigenvalue weighted by Gasteiger charge is 2.45. The third-order valence-corrected chi connectivity index (χ3v) is 11.7. The second kappa shape index (κ2) is 22.1. The van der Waals surface area contributed by atoms with Gasteiger partial charge in [0.2, 0.25) is 11.8 Å². The number of halogens is 3. The summed E-state index contributed by atoms with van der Waals surface area (Å²) in [5.74, 6) is -2.39. The molecule has 68 heavy (non-hydrogen) atoms. The number of anilines is 6. The van der Waals surface area contributed by atoms with Gasteiger partial charge < -0.3 is 40.4 Å². The Morgan fingerprint density at radius 3 is 2.32 bits per heavy atom. The van der Waals surface area contributed by atoms with Crippen LogP contribution in [0.15, 0.2) is 72.9 Å². The van der Waals surface area contributed by atoms with Crippen LogP contribution in [0.25, 0.3) is 0 Å². The molecule has 4 heterocycles. The number of piperazine rings is 1. The number of para-hydroxylation sites is 1. The highest BCUT2D eigenvalue weighted by Crippen LogP contribution is 2.39. The molecule has 3 aromatic carbocycles. The number of amides is 5. The number of hydrogen-bond donors (Lipinski definition) is 5. The Hall–Kier alpha value is -7.10. The van der Waals surface area contributed by atoms with Crippen LogP contribution in [-0.2, 0) is 30.0 Å². The largest absolute Gasteiger partial charge is 0.494 e. The highest BCUT2D eigenvalue weighted by molar-refractivity contribution is 6.25. The Morgan fingerprint density at radius 1 is 0.838 bits per heavy atom. The van der Waals surface area contributed by atoms with Gasteiger partial charge in [0.15, 0.2) is 5.78 Å². The van der Waals surface area contributed by atoms with Crippen molar-refractivity contribution in [3.63, 3.8) is 0 Å². The van der Waals surface area contributed by atoms with Crippen LogP contribution in [0.1, 0.15) is 62.3 Å². The monoisotopic (exact) mass is 943 g/mol. The van der Waals surface area contributed by atoms with Crippen molar-refractivity contribution in [2.75, 3.05) is 101 Å². The van der Waals surface area contributed by atoms with Crippen LogP contribution >= 0.6 is 0 Å². The summed E-state index contributed by atoms with van der Waals surface area (Å²) in [6, 6.07) is 16.6. The number of imide groups is 2. The van der Waals surface area contributed by atoms with Gasteiger partial charge in [0.1, 0.15) is 17.6 Å². The van der Waals surface area contributed by atoms with E-state index in [4.69, 9.17) is 14.2 Å². The molecule has 5 N–H and O–H groups in total. The zero-order valence-electron chi connectivity index (χ0n) is 37.5. The van der Waals surface area contributed by atoms with E-state index in [1.807, 2.05) is 12.1 Å². The first-order valence-corrected chi connectivity index (χ1v) is 22.1. The molecule has 4 aromatic rings. The number of carbonyl (C=O) groups is 6. The van der Waals surface area contributed by atoms with Crippen molar-refractivity contribution < 1.29 is 56.1 Å². The van der Waals surface area contributed by atoms with Crippen LogP contribution in [0.3, 0.4) is 0 Å². The van der Waals surface area contributed by atoms with Crippen molar-refractivity contribution in [2.45, 2.75) is 37.9 Å². The number of aromatic nitrogens is 1. The minimum absolute atomic E-state index is 0.0174. The molecule has 0 saturated carbocycles. The first-order valence-electron chi connectivity index (χ1n) is 22.1. The van der Waals surface area contributed by atoms with Crippen LogP contribution in [0.5, 0.6) is 5.75 Å². The van der Waals surface area contributed by atoms with Gasteiger partial charge in [-0.05, 0) is 49.2 Å². The van der Waals surface area contributed by atoms with Gasteiger partial charge in [-0.15, -0.1) is 0 Å². The van der Waals surface area contributed by atoms with E-state index in [9.17, 15) is 41.9 Å². The van der Waals surface area contributed by atoms with E-state index >= 15 is 0 Å². The van der Waals surface area contributed by atoms with Crippen LogP contribution < -0.4 is 36.2 Å². The molecule has 0 bridgehead atoms. The molecule has 1 unspecified atom stereocenters. The lowest BCUT2D eigenvalue weighted by atomic mass is 10.0. The number of nitrogens with one attached hydrogen (secondary N) is 5. The lowest BCUT2D eigenvalue weighted by molar-refractivity contribution is -0.137. The topological polar surface area (TPSA) is 213 Å². The minimum Gasteiger partial charge on any atom is -0.494 e. The molecule has 360 valence electrons. The summed E-state index contributed by atoms with van der Waals surface area (Å²) in [5.41, 5.74) is 1.04. The number of benzene rings is 3. The number of pyridine rings is 1. The Morgan fingerprint density at radius 2 is 1.59 bits per heavy atom. The van der Waals surface area contributed by atoms with Crippen LogP contribution in [0, 0.1) is 0 Å². The summed E-state index contributed by atoms with van der Waals surface area (Å²) < 4.78 is 59.2. The number of piperidine rings is 1. The molecule has 0 aliphatic carbocycles. The number of Topliss-reactive ketones (excluding diaryl/α,β-unsaturated/α-hetero) is 1. The maximum Gasteiger partial charge on any atom is 0.419 e. The molecule has 3 aliphatic rings. The van der Waals surface area contributed by atoms with E-state index < -0.39 is 47.3 Å². The SMILES string of the molecule is CNC(=O)c1ccccc1Nc1cc(Nc2ccc(N3CCN(CCOCCOCCCC(=O)CNc4cccc5c4C(=O)N(C4CCC(=O)NC4=O)C5=O)CC3)cc2OC)ncc1C(F)(F)F. The standard InChI is InChI=1S/C47H52F3N9O9/c1-51-43(62)31-8-3-4-10-34(31)54-37-26-40(53-28-33(37)47(48,49)50)55-35-13-12-29(25-39(35)66-2)58-18-16-57(17-19-58)20-22-68-24-23-67-21-6-7-30(60)27-52-36-11-5-9-32-42(36)46(65)59(45(32)64)38-14-15-41(61)56-44(38)63/h3-5,8-13,25-26,28,38,52H,6-7,14-24,27H2,1-2H3,(H,51,62)(H2,53,54,55)(H,56,61,63). The lowest BCUT2D eigenvalue weighted by Gasteiger charge is -2.36. The molecule has 0 radical (unpaired) electrons. The smallest absolute Gasteiger partial charge is 0.419 e. The fourth-order valence-electron chi connectivity index (χ4n) is 8.10. The molecular weight excluding hydrogens is 892 g/mol. The third kappa shape index (κ3) is 11.7. The summed E-state index contributed by atoms with van der Waals surface area (Å²) in [6.45, 7) is 5.36. The number of ether oxygens (including phenoxy) is 3. The predicted octanol–water partition coefficient (Wildman–Crippen LogP) is 4.97. The molecule has 2 fully saturated rings. The number of carbonyl (C=O) groups excluding carboxylic acids is 6. The number of nitrogens with zero attached hydrogens (tertiary/aromatic N) is 4. The second-order valence-corrected chi connectivity index (χ2v) is 16.1. The van der Waals surface area contributed by atoms with Gasteiger partial charge in [0.25, 0.3) is 17.7 Å². The molecule has 1 atom stereocenters. The fourth-order valence-corrected chi connectivity index (χ4v) is 8.10. The van der Waals surface area contributed by atoms with Gasteiger partial charge in [-0.3, -0.25) is 43.9 Å². The van der Waals surface area contributed by atoms with Gasteiger partial charge in [0.05, 0.1) is 72.8 Å². The Kier molecular flexibility index (Phi) is 15.9. The average molecular weight is 944 g/mol. The Balaban J connectivity index is 0.787. The highest BCUT2D eigenvalue weighted by atomic mass is 19.4. The second-order valence-electron chi connectivity index (χ2n) is 16.1. The first-order chi connectivity index (χ1) is 32.7. The van der Waals surface area contributed by atoms with Crippen molar-refractivity contribution in [3.05, 3.63) is 95.2 Å². The number of rotatable bonds is 21. The van der Waals surface area contributed by atoms with Gasteiger partial charge in [-0.2, -0.15) is 13.2 Å². The lowest BCUT2D eigenvalue weighted by Crippen LogP contribution is -2.54. The van der Waals surface area contributed by atoms with Crippen molar-refractivity contribution >= 4 is 69.6 Å². The van der Waals surface area contributed by atoms with Crippen molar-refractivity contribution in [2.24, 2.45) is 0 Å². The Bertz CT molecular complexity index is 2530. The molecule has 1 aromatic heterocycles. The predicted molar refractivity (Wildman–Crippen MR) is 245 cm³/mol. The van der Waals surface area contributed by atoms with Crippen molar-refractivity contribution in [1.29, 1.82) is 0 Å². The number of alkyl halides is 3. The van der Waals surface area contributed by atoms with E-state index in [1.54, 1.807) is 30.3 Å². The normalized spacial score (nSPS) is 16.3. The van der Waals surface area contributed by atoms with E-state index in [0.29, 0.717) is 50.0 Å². The van der Waals surface area contributed by atoms with Gasteiger partial charge >= 0.3 is 6.18 Å². The molecule has 21 heteroatoms. The molecule has 0 spiro atoms. The van der Waals surface area contributed by atoms with Gasteiger partial charge in [-0.25, -0.2) is 4.98 Å². The quantitative estimate of drug-likeness (QED) is 0.0551. The summed E-state index contributed by atoms with van der Waals surface area (Å²) in [6.07, 6.45) is -3.20. The number of methoxy groups -OCH3 is 1. The number of ketones is 1. The van der Waals surface area contributed by atoms with E-state index in [1.165, 1.54) is 38.4 Å². The third-order valence-electron chi connectivity index (χ3n) is 11.7. The van der Waals surface area contributed by atoms with Crippen molar-refractivity contribution in [3.8, 4) is 5.75 Å². The first kappa shape index (κ1) is 48.8. The molecule has 7 rings (SSSR count). The number of fused-ring (bicyclic) bond motifs is 1.